The van der Waals surface area contributed by atoms with E-state index in [2.05, 4.69) is 5.32 Å². The van der Waals surface area contributed by atoms with Crippen LogP contribution < -0.4 is 10.1 Å². The molecule has 0 saturated heterocycles. The monoisotopic (exact) mass is 398 g/mol. The molecule has 0 aliphatic carbocycles. The van der Waals surface area contributed by atoms with Crippen molar-refractivity contribution >= 4 is 34.2 Å². The molecule has 0 aliphatic heterocycles. The van der Waals surface area contributed by atoms with Gasteiger partial charge in [-0.1, -0.05) is 12.1 Å². The maximum Gasteiger partial charge on any atom is 0.310 e. The maximum absolute atomic E-state index is 12.1. The van der Waals surface area contributed by atoms with Crippen molar-refractivity contribution in [3.8, 4) is 5.75 Å². The number of methoxy groups -OCH3 is 1. The summed E-state index contributed by atoms with van der Waals surface area (Å²) in [6.07, 6.45) is 1.46. The van der Waals surface area contributed by atoms with Gasteiger partial charge in [0.25, 0.3) is 11.6 Å². The number of nitrogens with one attached hydrogen (secondary N) is 1. The number of nitro groups is 1. The van der Waals surface area contributed by atoms with Crippen LogP contribution in [0, 0.1) is 17.0 Å². The van der Waals surface area contributed by atoms with Gasteiger partial charge in [0.15, 0.2) is 6.61 Å². The van der Waals surface area contributed by atoms with Crippen LogP contribution in [-0.2, 0) is 20.7 Å². The van der Waals surface area contributed by atoms with Crippen LogP contribution in [0.5, 0.6) is 5.75 Å². The fraction of sp³-hybridized carbons (Fsp3) is 0.200. The van der Waals surface area contributed by atoms with Gasteiger partial charge in [-0.05, 0) is 24.6 Å². The topological polar surface area (TPSA) is 121 Å². The Morgan fingerprint density at radius 2 is 2.00 bits per heavy atom. The molecular formula is C20H18N2O7. The van der Waals surface area contributed by atoms with Gasteiger partial charge in [-0.15, -0.1) is 0 Å². The number of anilines is 1. The van der Waals surface area contributed by atoms with E-state index in [1.165, 1.54) is 31.6 Å². The predicted octanol–water partition coefficient (Wildman–Crippen LogP) is 3.38. The number of benzene rings is 2. The fourth-order valence-corrected chi connectivity index (χ4v) is 2.76. The van der Waals surface area contributed by atoms with Gasteiger partial charge in [0.05, 0.1) is 36.5 Å². The van der Waals surface area contributed by atoms with Gasteiger partial charge < -0.3 is 19.2 Å². The first-order valence-corrected chi connectivity index (χ1v) is 8.62. The summed E-state index contributed by atoms with van der Waals surface area (Å²) in [4.78, 5) is 34.4. The Morgan fingerprint density at radius 1 is 1.21 bits per heavy atom. The van der Waals surface area contributed by atoms with Crippen LogP contribution in [0.4, 0.5) is 11.4 Å². The first-order valence-electron chi connectivity index (χ1n) is 8.62. The maximum atomic E-state index is 12.1. The molecule has 1 heterocycles. The van der Waals surface area contributed by atoms with E-state index in [0.717, 1.165) is 10.9 Å². The molecule has 2 aromatic carbocycles. The summed E-state index contributed by atoms with van der Waals surface area (Å²) >= 11 is 0. The van der Waals surface area contributed by atoms with Crippen LogP contribution in [0.2, 0.25) is 0 Å². The first kappa shape index (κ1) is 19.9. The number of carbonyl (C=O) groups excluding carboxylic acids is 2. The number of ether oxygens (including phenoxy) is 2. The summed E-state index contributed by atoms with van der Waals surface area (Å²) in [7, 11) is 1.32. The number of carbonyl (C=O) groups is 2. The third kappa shape index (κ3) is 4.70. The number of hydrogen-bond donors (Lipinski definition) is 1. The molecule has 3 rings (SSSR count). The summed E-state index contributed by atoms with van der Waals surface area (Å²) in [6, 6.07) is 9.41. The molecule has 0 spiro atoms. The lowest BCUT2D eigenvalue weighted by molar-refractivity contribution is -0.384. The van der Waals surface area contributed by atoms with Crippen LogP contribution in [0.25, 0.3) is 11.0 Å². The van der Waals surface area contributed by atoms with E-state index >= 15 is 0 Å². The highest BCUT2D eigenvalue weighted by atomic mass is 16.6. The largest absolute Gasteiger partial charge is 0.494 e. The van der Waals surface area contributed by atoms with Gasteiger partial charge in [-0.3, -0.25) is 19.7 Å². The Kier molecular flexibility index (Phi) is 5.77. The molecule has 29 heavy (non-hydrogen) atoms. The number of nitro benzene ring substituents is 1. The van der Waals surface area contributed by atoms with Gasteiger partial charge in [-0.25, -0.2) is 0 Å². The highest BCUT2D eigenvalue weighted by molar-refractivity contribution is 5.94. The van der Waals surface area contributed by atoms with Gasteiger partial charge >= 0.3 is 5.97 Å². The number of non-ortho nitro benzene ring substituents is 1. The van der Waals surface area contributed by atoms with Crippen molar-refractivity contribution < 1.29 is 28.4 Å². The molecule has 1 amide bonds. The summed E-state index contributed by atoms with van der Waals surface area (Å²) in [5.41, 5.74) is 2.45. The van der Waals surface area contributed by atoms with Crippen molar-refractivity contribution in [2.75, 3.05) is 19.0 Å². The quantitative estimate of drug-likeness (QED) is 0.368. The van der Waals surface area contributed by atoms with Crippen LogP contribution in [0.15, 0.2) is 47.1 Å². The van der Waals surface area contributed by atoms with E-state index in [1.54, 1.807) is 0 Å². The van der Waals surface area contributed by atoms with Crippen LogP contribution in [-0.4, -0.2) is 30.5 Å². The molecule has 1 N–H and O–H groups in total. The molecule has 0 radical (unpaired) electrons. The zero-order chi connectivity index (χ0) is 21.0. The second-order valence-corrected chi connectivity index (χ2v) is 6.29. The van der Waals surface area contributed by atoms with E-state index in [0.29, 0.717) is 11.1 Å². The number of esters is 1. The van der Waals surface area contributed by atoms with Gasteiger partial charge in [0, 0.05) is 17.0 Å². The zero-order valence-corrected chi connectivity index (χ0v) is 15.8. The minimum atomic E-state index is -0.599. The third-order valence-electron chi connectivity index (χ3n) is 4.18. The third-order valence-corrected chi connectivity index (χ3v) is 4.18. The van der Waals surface area contributed by atoms with E-state index in [1.807, 2.05) is 25.1 Å². The molecule has 3 aromatic rings. The minimum Gasteiger partial charge on any atom is -0.494 e. The Hall–Kier alpha value is -3.88. The second-order valence-electron chi connectivity index (χ2n) is 6.29. The molecule has 150 valence electrons. The second kappa shape index (κ2) is 8.42. The van der Waals surface area contributed by atoms with Crippen molar-refractivity contribution in [3.63, 3.8) is 0 Å². The number of fused-ring (bicyclic) bond motifs is 1. The van der Waals surface area contributed by atoms with E-state index in [4.69, 9.17) is 13.9 Å². The molecule has 0 bridgehead atoms. The first-order chi connectivity index (χ1) is 13.9. The van der Waals surface area contributed by atoms with Gasteiger partial charge in [0.2, 0.25) is 0 Å². The summed E-state index contributed by atoms with van der Waals surface area (Å²) in [5.74, 6) is -1.06. The smallest absolute Gasteiger partial charge is 0.310 e. The highest BCUT2D eigenvalue weighted by Crippen LogP contribution is 2.29. The summed E-state index contributed by atoms with van der Waals surface area (Å²) in [5, 5.41) is 14.1. The molecule has 0 aliphatic rings. The van der Waals surface area contributed by atoms with Crippen molar-refractivity contribution in [1.29, 1.82) is 0 Å². The predicted molar refractivity (Wildman–Crippen MR) is 104 cm³/mol. The normalized spacial score (nSPS) is 10.6. The van der Waals surface area contributed by atoms with Crippen molar-refractivity contribution in [3.05, 3.63) is 63.9 Å². The highest BCUT2D eigenvalue weighted by Gasteiger charge is 2.16. The molecule has 0 saturated carbocycles. The van der Waals surface area contributed by atoms with E-state index in [-0.39, 0.29) is 23.5 Å². The van der Waals surface area contributed by atoms with Gasteiger partial charge in [-0.2, -0.15) is 0 Å². The number of hydrogen-bond acceptors (Lipinski definition) is 7. The Balaban J connectivity index is 1.57. The van der Waals surface area contributed by atoms with Crippen molar-refractivity contribution in [2.24, 2.45) is 0 Å². The molecule has 9 nitrogen and oxygen atoms in total. The number of amides is 1. The molecule has 9 heteroatoms. The molecule has 0 unspecified atom stereocenters. The summed E-state index contributed by atoms with van der Waals surface area (Å²) < 4.78 is 15.5. The van der Waals surface area contributed by atoms with E-state index in [9.17, 15) is 19.7 Å². The number of rotatable bonds is 7. The summed E-state index contributed by atoms with van der Waals surface area (Å²) in [6.45, 7) is 1.43. The lowest BCUT2D eigenvalue weighted by atomic mass is 10.1. The molecular weight excluding hydrogens is 380 g/mol. The zero-order valence-electron chi connectivity index (χ0n) is 15.8. The standard InChI is InChI=1S/C20H18N2O7/c1-12-3-5-15-13(10-28-17(15)7-12)8-20(24)29-11-19(23)21-16-6-4-14(22(25)26)9-18(16)27-2/h3-7,9-10H,8,11H2,1-2H3,(H,21,23). The lowest BCUT2D eigenvalue weighted by Gasteiger charge is -2.10. The number of aryl methyl sites for hydroxylation is 1. The van der Waals surface area contributed by atoms with Crippen LogP contribution in [0.1, 0.15) is 11.1 Å². The van der Waals surface area contributed by atoms with Crippen LogP contribution >= 0.6 is 0 Å². The Labute approximate surface area is 165 Å². The SMILES string of the molecule is COc1cc([N+](=O)[O-])ccc1NC(=O)COC(=O)Cc1coc2cc(C)ccc12. The Morgan fingerprint density at radius 3 is 2.72 bits per heavy atom. The molecule has 0 fully saturated rings. The number of nitrogens with zero attached hydrogens (tertiary/aromatic N) is 1. The van der Waals surface area contributed by atoms with E-state index < -0.39 is 23.4 Å². The Bertz CT molecular complexity index is 1090. The average molecular weight is 398 g/mol. The van der Waals surface area contributed by atoms with Crippen molar-refractivity contribution in [2.45, 2.75) is 13.3 Å². The van der Waals surface area contributed by atoms with Gasteiger partial charge in [0.1, 0.15) is 11.3 Å². The van der Waals surface area contributed by atoms with Crippen LogP contribution in [0.3, 0.4) is 0 Å². The fourth-order valence-electron chi connectivity index (χ4n) is 2.76. The molecule has 1 aromatic heterocycles. The lowest BCUT2D eigenvalue weighted by Crippen LogP contribution is -2.21. The average Bonchev–Trinajstić information content (AvgIpc) is 3.08. The minimum absolute atomic E-state index is 0.0375. The molecule has 0 atom stereocenters. The number of furan rings is 1. The van der Waals surface area contributed by atoms with Crippen molar-refractivity contribution in [1.82, 2.24) is 0 Å².